The molecule has 0 bridgehead atoms. The number of rotatable bonds is 6. The fourth-order valence-electron chi connectivity index (χ4n) is 1.38. The summed E-state index contributed by atoms with van der Waals surface area (Å²) in [5.41, 5.74) is 6.59. The predicted octanol–water partition coefficient (Wildman–Crippen LogP) is 1.76. The maximum atomic E-state index is 11.0. The minimum Gasteiger partial charge on any atom is -0.481 e. The second kappa shape index (κ2) is 6.25. The first kappa shape index (κ1) is 14.3. The van der Waals surface area contributed by atoms with Gasteiger partial charge in [-0.25, -0.2) is 4.79 Å². The Labute approximate surface area is 112 Å². The summed E-state index contributed by atoms with van der Waals surface area (Å²) in [7, 11) is 0. The fourth-order valence-corrected chi connectivity index (χ4v) is 1.76. The van der Waals surface area contributed by atoms with E-state index in [0.717, 1.165) is 4.47 Å². The normalized spacial score (nSPS) is 11.8. The van der Waals surface area contributed by atoms with Gasteiger partial charge in [-0.3, -0.25) is 4.79 Å². The quantitative estimate of drug-likeness (QED) is 0.595. The number of benzene rings is 1. The van der Waals surface area contributed by atoms with Crippen LogP contribution in [-0.4, -0.2) is 28.2 Å². The lowest BCUT2D eigenvalue weighted by Crippen LogP contribution is -2.30. The van der Waals surface area contributed by atoms with E-state index in [9.17, 15) is 9.59 Å². The third-order valence-corrected chi connectivity index (χ3v) is 2.78. The van der Waals surface area contributed by atoms with Crippen LogP contribution in [0.5, 0.6) is 0 Å². The number of nitrogens with one attached hydrogen (secondary N) is 1. The van der Waals surface area contributed by atoms with Gasteiger partial charge in [0.1, 0.15) is 6.04 Å². The standard InChI is InChI=1S/C11H13BrN2O4/c12-6-1-2-8(7(13)5-6)14-9(11(17)18)3-4-10(15)16/h1-2,5,9,14H,3-4,13H2,(H,15,16)(H,17,18). The second-order valence-corrected chi connectivity index (χ2v) is 4.61. The number of carbonyl (C=O) groups is 2. The number of nitrogens with two attached hydrogens (primary N) is 1. The summed E-state index contributed by atoms with van der Waals surface area (Å²) in [5.74, 6) is -2.15. The molecule has 1 aromatic rings. The maximum absolute atomic E-state index is 11.0. The van der Waals surface area contributed by atoms with Crippen molar-refractivity contribution in [3.05, 3.63) is 22.7 Å². The average molecular weight is 317 g/mol. The molecule has 1 aromatic carbocycles. The molecule has 7 heteroatoms. The Balaban J connectivity index is 2.76. The maximum Gasteiger partial charge on any atom is 0.326 e. The summed E-state index contributed by atoms with van der Waals surface area (Å²) in [6.45, 7) is 0. The van der Waals surface area contributed by atoms with Crippen molar-refractivity contribution in [1.82, 2.24) is 0 Å². The Morgan fingerprint density at radius 3 is 2.56 bits per heavy atom. The lowest BCUT2D eigenvalue weighted by Gasteiger charge is -2.16. The van der Waals surface area contributed by atoms with Gasteiger partial charge in [0.15, 0.2) is 0 Å². The largest absolute Gasteiger partial charge is 0.481 e. The van der Waals surface area contributed by atoms with E-state index in [1.165, 1.54) is 0 Å². The summed E-state index contributed by atoms with van der Waals surface area (Å²) >= 11 is 3.24. The van der Waals surface area contributed by atoms with Crippen molar-refractivity contribution in [2.24, 2.45) is 0 Å². The van der Waals surface area contributed by atoms with Crippen LogP contribution in [0.1, 0.15) is 12.8 Å². The van der Waals surface area contributed by atoms with E-state index in [1.807, 2.05) is 0 Å². The molecule has 0 fully saturated rings. The molecular weight excluding hydrogens is 304 g/mol. The van der Waals surface area contributed by atoms with Gasteiger partial charge >= 0.3 is 11.9 Å². The number of carboxylic acids is 2. The molecule has 0 aliphatic heterocycles. The monoisotopic (exact) mass is 316 g/mol. The Kier molecular flexibility index (Phi) is 4.96. The molecule has 0 aliphatic rings. The van der Waals surface area contributed by atoms with E-state index in [-0.39, 0.29) is 12.8 Å². The van der Waals surface area contributed by atoms with Crippen LogP contribution >= 0.6 is 15.9 Å². The van der Waals surface area contributed by atoms with Crippen molar-refractivity contribution >= 4 is 39.2 Å². The van der Waals surface area contributed by atoms with E-state index in [0.29, 0.717) is 11.4 Å². The number of hydrogen-bond donors (Lipinski definition) is 4. The van der Waals surface area contributed by atoms with Crippen molar-refractivity contribution in [2.45, 2.75) is 18.9 Å². The topological polar surface area (TPSA) is 113 Å². The number of aliphatic carboxylic acids is 2. The van der Waals surface area contributed by atoms with Crippen molar-refractivity contribution in [3.8, 4) is 0 Å². The van der Waals surface area contributed by atoms with E-state index in [2.05, 4.69) is 21.2 Å². The van der Waals surface area contributed by atoms with E-state index in [1.54, 1.807) is 18.2 Å². The smallest absolute Gasteiger partial charge is 0.326 e. The Bertz CT molecular complexity index is 464. The third-order valence-electron chi connectivity index (χ3n) is 2.29. The lowest BCUT2D eigenvalue weighted by molar-refractivity contribution is -0.139. The molecule has 0 spiro atoms. The molecule has 1 unspecified atom stereocenters. The number of halogens is 1. The third kappa shape index (κ3) is 4.25. The van der Waals surface area contributed by atoms with Crippen molar-refractivity contribution in [3.63, 3.8) is 0 Å². The van der Waals surface area contributed by atoms with E-state index >= 15 is 0 Å². The Hall–Kier alpha value is -1.76. The lowest BCUT2D eigenvalue weighted by atomic mass is 10.1. The zero-order chi connectivity index (χ0) is 13.7. The molecule has 1 rings (SSSR count). The molecular formula is C11H13BrN2O4. The molecule has 0 saturated heterocycles. The summed E-state index contributed by atoms with van der Waals surface area (Å²) < 4.78 is 0.781. The molecule has 0 aromatic heterocycles. The molecule has 0 heterocycles. The number of anilines is 2. The van der Waals surface area contributed by atoms with Gasteiger partial charge in [-0.2, -0.15) is 0 Å². The first-order valence-corrected chi connectivity index (χ1v) is 5.95. The van der Waals surface area contributed by atoms with Crippen LogP contribution in [0.3, 0.4) is 0 Å². The number of nitrogen functional groups attached to an aromatic ring is 1. The van der Waals surface area contributed by atoms with E-state index in [4.69, 9.17) is 15.9 Å². The minimum atomic E-state index is -1.11. The van der Waals surface area contributed by atoms with Crippen LogP contribution in [0.15, 0.2) is 22.7 Å². The zero-order valence-corrected chi connectivity index (χ0v) is 11.0. The second-order valence-electron chi connectivity index (χ2n) is 3.70. The molecule has 0 amide bonds. The molecule has 98 valence electrons. The molecule has 6 nitrogen and oxygen atoms in total. The van der Waals surface area contributed by atoms with Crippen LogP contribution < -0.4 is 11.1 Å². The van der Waals surface area contributed by atoms with Gasteiger partial charge in [0.05, 0.1) is 11.4 Å². The van der Waals surface area contributed by atoms with Crippen LogP contribution in [-0.2, 0) is 9.59 Å². The fraction of sp³-hybridized carbons (Fsp3) is 0.273. The predicted molar refractivity (Wildman–Crippen MR) is 70.5 cm³/mol. The molecule has 0 saturated carbocycles. The van der Waals surface area contributed by atoms with Gasteiger partial charge in [-0.05, 0) is 24.6 Å². The molecule has 1 atom stereocenters. The van der Waals surface area contributed by atoms with E-state index < -0.39 is 18.0 Å². The summed E-state index contributed by atoms with van der Waals surface area (Å²) in [4.78, 5) is 21.4. The van der Waals surface area contributed by atoms with Crippen LogP contribution in [0.2, 0.25) is 0 Å². The summed E-state index contributed by atoms with van der Waals surface area (Å²) in [6.07, 6.45) is -0.236. The van der Waals surface area contributed by atoms with Crippen LogP contribution in [0.25, 0.3) is 0 Å². The van der Waals surface area contributed by atoms with Gasteiger partial charge in [-0.15, -0.1) is 0 Å². The molecule has 0 radical (unpaired) electrons. The highest BCUT2D eigenvalue weighted by Gasteiger charge is 2.19. The van der Waals surface area contributed by atoms with Crippen molar-refractivity contribution in [2.75, 3.05) is 11.1 Å². The van der Waals surface area contributed by atoms with Gasteiger partial charge in [0.25, 0.3) is 0 Å². The molecule has 18 heavy (non-hydrogen) atoms. The first-order valence-electron chi connectivity index (χ1n) is 5.16. The van der Waals surface area contributed by atoms with Gasteiger partial charge in [0, 0.05) is 10.9 Å². The molecule has 5 N–H and O–H groups in total. The SMILES string of the molecule is Nc1cc(Br)ccc1NC(CCC(=O)O)C(=O)O. The average Bonchev–Trinajstić information content (AvgIpc) is 2.26. The zero-order valence-electron chi connectivity index (χ0n) is 9.39. The first-order chi connectivity index (χ1) is 8.40. The van der Waals surface area contributed by atoms with Crippen molar-refractivity contribution < 1.29 is 19.8 Å². The minimum absolute atomic E-state index is 0.0137. The van der Waals surface area contributed by atoms with Gasteiger partial charge < -0.3 is 21.3 Å². The highest BCUT2D eigenvalue weighted by Crippen LogP contribution is 2.24. The number of hydrogen-bond acceptors (Lipinski definition) is 4. The highest BCUT2D eigenvalue weighted by molar-refractivity contribution is 9.10. The Morgan fingerprint density at radius 1 is 1.39 bits per heavy atom. The highest BCUT2D eigenvalue weighted by atomic mass is 79.9. The molecule has 0 aliphatic carbocycles. The summed E-state index contributed by atoms with van der Waals surface area (Å²) in [5, 5.41) is 20.3. The van der Waals surface area contributed by atoms with Crippen molar-refractivity contribution in [1.29, 1.82) is 0 Å². The van der Waals surface area contributed by atoms with Crippen LogP contribution in [0, 0.1) is 0 Å². The van der Waals surface area contributed by atoms with Gasteiger partial charge in [-0.1, -0.05) is 15.9 Å². The number of carboxylic acid groups (broad SMARTS) is 2. The van der Waals surface area contributed by atoms with Gasteiger partial charge in [0.2, 0.25) is 0 Å². The summed E-state index contributed by atoms with van der Waals surface area (Å²) in [6, 6.07) is 4.01. The Morgan fingerprint density at radius 2 is 2.06 bits per heavy atom. The van der Waals surface area contributed by atoms with Crippen LogP contribution in [0.4, 0.5) is 11.4 Å².